The molecule has 2 N–H and O–H groups in total. The molecule has 0 radical (unpaired) electrons. The molecular formula is C25H23ClF4NO6PS. The molecule has 2 unspecified atom stereocenters. The first kappa shape index (κ1) is 30.8. The number of fused-ring (bicyclic) bond motifs is 1. The van der Waals surface area contributed by atoms with E-state index in [1.54, 1.807) is 32.9 Å². The molecule has 0 saturated heterocycles. The van der Waals surface area contributed by atoms with Crippen molar-refractivity contribution in [2.75, 3.05) is 6.79 Å². The zero-order valence-corrected chi connectivity index (χ0v) is 23.2. The van der Waals surface area contributed by atoms with Crippen LogP contribution >= 0.6 is 30.5 Å². The van der Waals surface area contributed by atoms with Crippen LogP contribution in [-0.2, 0) is 29.6 Å². The lowest BCUT2D eigenvalue weighted by atomic mass is 9.98. The molecule has 0 spiro atoms. The molecule has 1 aromatic heterocycles. The molecule has 1 amide bonds. The van der Waals surface area contributed by atoms with Gasteiger partial charge in [-0.1, -0.05) is 11.6 Å². The Morgan fingerprint density at radius 3 is 2.51 bits per heavy atom. The Balaban J connectivity index is 1.91. The van der Waals surface area contributed by atoms with Crippen molar-refractivity contribution in [2.45, 2.75) is 32.6 Å². The Bertz CT molecular complexity index is 1470. The highest BCUT2D eigenvalue weighted by Crippen LogP contribution is 2.58. The van der Waals surface area contributed by atoms with Crippen molar-refractivity contribution < 1.29 is 45.9 Å². The van der Waals surface area contributed by atoms with E-state index >= 15 is 0 Å². The van der Waals surface area contributed by atoms with Gasteiger partial charge in [0.05, 0.1) is 11.0 Å². The zero-order chi connectivity index (χ0) is 29.2. The monoisotopic (exact) mass is 607 g/mol. The third-order valence-electron chi connectivity index (χ3n) is 5.22. The highest BCUT2D eigenvalue weighted by molar-refractivity contribution is 7.54. The first-order valence-electron chi connectivity index (χ1n) is 11.1. The summed E-state index contributed by atoms with van der Waals surface area (Å²) in [7, 11) is -4.89. The SMILES string of the molecule is CC(C)(C)C(=O)OCOP(=O)(O)C(C(=O)NC=Cc1cc(F)cc(C(F)(F)F)c1)c1csc2ccc(Cl)cc12. The first-order valence-corrected chi connectivity index (χ1v) is 14.0. The summed E-state index contributed by atoms with van der Waals surface area (Å²) in [5.41, 5.74) is -4.13. The molecule has 39 heavy (non-hydrogen) atoms. The Morgan fingerprint density at radius 1 is 1.18 bits per heavy atom. The van der Waals surface area contributed by atoms with Crippen LogP contribution in [0, 0.1) is 11.2 Å². The lowest BCUT2D eigenvalue weighted by Gasteiger charge is -2.22. The molecule has 14 heteroatoms. The van der Waals surface area contributed by atoms with Gasteiger partial charge in [-0.25, -0.2) is 4.39 Å². The smallest absolute Gasteiger partial charge is 0.416 e. The number of carbonyl (C=O) groups is 2. The van der Waals surface area contributed by atoms with Crippen LogP contribution in [0.4, 0.5) is 17.6 Å². The molecule has 0 aliphatic rings. The van der Waals surface area contributed by atoms with Crippen molar-refractivity contribution in [3.8, 4) is 0 Å². The second-order valence-corrected chi connectivity index (χ2v) is 12.6. The van der Waals surface area contributed by atoms with E-state index in [2.05, 4.69) is 5.32 Å². The third-order valence-corrected chi connectivity index (χ3v) is 8.08. The van der Waals surface area contributed by atoms with Crippen LogP contribution in [0.5, 0.6) is 0 Å². The summed E-state index contributed by atoms with van der Waals surface area (Å²) in [6.07, 6.45) is -2.90. The number of nitrogens with one attached hydrogen (secondary N) is 1. The molecule has 2 atom stereocenters. The Labute approximate surface area is 229 Å². The third kappa shape index (κ3) is 7.89. The maximum atomic E-state index is 13.7. The number of hydrogen-bond donors (Lipinski definition) is 2. The molecule has 0 bridgehead atoms. The van der Waals surface area contributed by atoms with Gasteiger partial charge in [-0.05, 0) is 85.1 Å². The molecule has 3 rings (SSSR count). The highest BCUT2D eigenvalue weighted by atomic mass is 35.5. The summed E-state index contributed by atoms with van der Waals surface area (Å²) < 4.78 is 76.5. The quantitative estimate of drug-likeness (QED) is 0.121. The average Bonchev–Trinajstić information content (AvgIpc) is 3.19. The van der Waals surface area contributed by atoms with Gasteiger partial charge in [0, 0.05) is 15.9 Å². The van der Waals surface area contributed by atoms with Crippen LogP contribution in [0.3, 0.4) is 0 Å². The van der Waals surface area contributed by atoms with E-state index in [0.717, 1.165) is 29.7 Å². The second-order valence-electron chi connectivity index (χ2n) is 9.34. The Kier molecular flexibility index (Phi) is 9.29. The predicted octanol–water partition coefficient (Wildman–Crippen LogP) is 7.29. The number of hydrogen-bond acceptors (Lipinski definition) is 6. The van der Waals surface area contributed by atoms with E-state index in [0.29, 0.717) is 27.2 Å². The number of carbonyl (C=O) groups excluding carboxylic acids is 2. The number of alkyl halides is 3. The number of amides is 1. The van der Waals surface area contributed by atoms with E-state index in [4.69, 9.17) is 20.9 Å². The summed E-state index contributed by atoms with van der Waals surface area (Å²) >= 11 is 7.24. The standard InChI is InChI=1S/C25H23ClF4NO6PS/c1-24(2,3)23(33)36-13-37-38(34,35)21(19-12-39-20-5-4-16(26)11-18(19)20)22(32)31-7-6-14-8-15(25(28,29)30)10-17(27)9-14/h4-12,21H,13H2,1-3H3,(H,31,32)(H,34,35). The number of benzene rings is 2. The molecular weight excluding hydrogens is 585 g/mol. The van der Waals surface area contributed by atoms with Crippen LogP contribution in [0.15, 0.2) is 48.0 Å². The maximum absolute atomic E-state index is 13.7. The topological polar surface area (TPSA) is 102 Å². The van der Waals surface area contributed by atoms with Gasteiger partial charge in [0.25, 0.3) is 0 Å². The number of halogens is 5. The zero-order valence-electron chi connectivity index (χ0n) is 20.7. The summed E-state index contributed by atoms with van der Waals surface area (Å²) in [4.78, 5) is 36.0. The molecule has 210 valence electrons. The highest BCUT2D eigenvalue weighted by Gasteiger charge is 2.42. The van der Waals surface area contributed by atoms with Gasteiger partial charge in [0.15, 0.2) is 5.66 Å². The largest absolute Gasteiger partial charge is 0.438 e. The molecule has 1 heterocycles. The van der Waals surface area contributed by atoms with Crippen LogP contribution in [0.25, 0.3) is 16.2 Å². The normalized spacial score (nSPS) is 14.8. The van der Waals surface area contributed by atoms with Crippen molar-refractivity contribution in [2.24, 2.45) is 5.41 Å². The second kappa shape index (κ2) is 11.8. The van der Waals surface area contributed by atoms with Crippen molar-refractivity contribution in [1.29, 1.82) is 0 Å². The van der Waals surface area contributed by atoms with Gasteiger partial charge >= 0.3 is 19.7 Å². The Morgan fingerprint density at radius 2 is 1.87 bits per heavy atom. The number of thiophene rings is 1. The molecule has 2 aromatic carbocycles. The molecule has 7 nitrogen and oxygen atoms in total. The molecule has 0 fully saturated rings. The Hall–Kier alpha value is -2.76. The summed E-state index contributed by atoms with van der Waals surface area (Å²) in [5.74, 6) is -2.92. The summed E-state index contributed by atoms with van der Waals surface area (Å²) in [5, 5.41) is 4.38. The van der Waals surface area contributed by atoms with Crippen molar-refractivity contribution in [1.82, 2.24) is 5.32 Å². The minimum Gasteiger partial charge on any atom is -0.438 e. The van der Waals surface area contributed by atoms with Gasteiger partial charge in [0.1, 0.15) is 5.82 Å². The summed E-state index contributed by atoms with van der Waals surface area (Å²) in [6.45, 7) is 3.77. The fourth-order valence-electron chi connectivity index (χ4n) is 3.32. The number of esters is 1. The lowest BCUT2D eigenvalue weighted by Crippen LogP contribution is -2.27. The van der Waals surface area contributed by atoms with Gasteiger partial charge in [-0.15, -0.1) is 11.3 Å². The van der Waals surface area contributed by atoms with Crippen molar-refractivity contribution in [3.05, 3.63) is 75.5 Å². The molecule has 0 aliphatic heterocycles. The van der Waals surface area contributed by atoms with Crippen molar-refractivity contribution in [3.63, 3.8) is 0 Å². The van der Waals surface area contributed by atoms with Gasteiger partial charge in [-0.2, -0.15) is 13.2 Å². The van der Waals surface area contributed by atoms with Crippen molar-refractivity contribution >= 4 is 58.6 Å². The molecule has 3 aromatic rings. The fraction of sp³-hybridized carbons (Fsp3) is 0.280. The summed E-state index contributed by atoms with van der Waals surface area (Å²) in [6, 6.07) is 6.54. The van der Waals surface area contributed by atoms with E-state index in [-0.39, 0.29) is 11.1 Å². The average molecular weight is 608 g/mol. The van der Waals surface area contributed by atoms with Crippen LogP contribution in [-0.4, -0.2) is 23.6 Å². The number of ether oxygens (including phenoxy) is 1. The minimum absolute atomic E-state index is 0.0847. The lowest BCUT2D eigenvalue weighted by molar-refractivity contribution is -0.159. The van der Waals surface area contributed by atoms with Gasteiger partial charge in [0.2, 0.25) is 12.7 Å². The van der Waals surface area contributed by atoms with E-state index in [1.807, 2.05) is 0 Å². The van der Waals surface area contributed by atoms with E-state index in [1.165, 1.54) is 11.4 Å². The van der Waals surface area contributed by atoms with E-state index < -0.39 is 54.9 Å². The fourth-order valence-corrected chi connectivity index (χ4v) is 5.84. The number of rotatable bonds is 8. The van der Waals surface area contributed by atoms with E-state index in [9.17, 15) is 36.6 Å². The van der Waals surface area contributed by atoms with Crippen LogP contribution in [0.1, 0.15) is 43.1 Å². The maximum Gasteiger partial charge on any atom is 0.416 e. The van der Waals surface area contributed by atoms with Crippen LogP contribution < -0.4 is 5.32 Å². The van der Waals surface area contributed by atoms with Gasteiger partial charge < -0.3 is 14.9 Å². The molecule has 0 aliphatic carbocycles. The van der Waals surface area contributed by atoms with Crippen LogP contribution in [0.2, 0.25) is 5.02 Å². The molecule has 0 saturated carbocycles. The van der Waals surface area contributed by atoms with Gasteiger partial charge in [-0.3, -0.25) is 18.7 Å². The minimum atomic E-state index is -4.89. The predicted molar refractivity (Wildman–Crippen MR) is 139 cm³/mol. The first-order chi connectivity index (χ1) is 18.0.